The van der Waals surface area contributed by atoms with Crippen molar-refractivity contribution in [1.82, 2.24) is 4.98 Å². The summed E-state index contributed by atoms with van der Waals surface area (Å²) in [7, 11) is 0. The minimum absolute atomic E-state index is 0.0754. The zero-order valence-electron chi connectivity index (χ0n) is 9.09. The number of nitrogen functional groups attached to an aromatic ring is 1. The second-order valence-electron chi connectivity index (χ2n) is 4.18. The van der Waals surface area contributed by atoms with Crippen molar-refractivity contribution < 1.29 is 13.9 Å². The van der Waals surface area contributed by atoms with Crippen molar-refractivity contribution >= 4 is 12.4 Å². The first kappa shape index (κ1) is 11.0. The normalized spacial score (nSPS) is 18.5. The summed E-state index contributed by atoms with van der Waals surface area (Å²) >= 11 is 0. The van der Waals surface area contributed by atoms with Gasteiger partial charge in [0.25, 0.3) is 6.47 Å². The van der Waals surface area contributed by atoms with E-state index in [1.54, 1.807) is 0 Å². The zero-order valence-corrected chi connectivity index (χ0v) is 9.09. The van der Waals surface area contributed by atoms with Gasteiger partial charge in [0, 0.05) is 5.92 Å². The number of ether oxygens (including phenoxy) is 1. The summed E-state index contributed by atoms with van der Waals surface area (Å²) in [4.78, 5) is 14.4. The second-order valence-corrected chi connectivity index (χ2v) is 4.18. The predicted molar refractivity (Wildman–Crippen MR) is 57.6 cm³/mol. The summed E-state index contributed by atoms with van der Waals surface area (Å²) in [5.74, 6) is 0.908. The molecule has 16 heavy (non-hydrogen) atoms. The molecule has 2 N–H and O–H groups in total. The van der Waals surface area contributed by atoms with E-state index in [1.807, 2.05) is 0 Å². The van der Waals surface area contributed by atoms with Gasteiger partial charge in [-0.2, -0.15) is 0 Å². The first-order chi connectivity index (χ1) is 7.83. The number of nitrogens with zero attached hydrogens (tertiary/aromatic N) is 1. The molecule has 1 saturated carbocycles. The Hall–Kier alpha value is -1.52. The number of aromatic nitrogens is 1. The predicted octanol–water partition coefficient (Wildman–Crippen LogP) is 1.70. The molecule has 1 fully saturated rings. The lowest BCUT2D eigenvalue weighted by Crippen LogP contribution is -2.17. The topological polar surface area (TPSA) is 78.3 Å². The lowest BCUT2D eigenvalue weighted by molar-refractivity contribution is -0.129. The SMILES string of the molecule is Nc1ocnc1C(COC=O)C1CCCC1. The molecule has 1 aromatic heterocycles. The Kier molecular flexibility index (Phi) is 3.44. The van der Waals surface area contributed by atoms with Crippen LogP contribution in [-0.2, 0) is 9.53 Å². The fourth-order valence-corrected chi connectivity index (χ4v) is 2.48. The van der Waals surface area contributed by atoms with E-state index < -0.39 is 0 Å². The van der Waals surface area contributed by atoms with Gasteiger partial charge < -0.3 is 14.9 Å². The van der Waals surface area contributed by atoms with E-state index in [-0.39, 0.29) is 5.92 Å². The van der Waals surface area contributed by atoms with Crippen molar-refractivity contribution in [1.29, 1.82) is 0 Å². The van der Waals surface area contributed by atoms with E-state index >= 15 is 0 Å². The van der Waals surface area contributed by atoms with Crippen LogP contribution in [0.2, 0.25) is 0 Å². The van der Waals surface area contributed by atoms with Gasteiger partial charge in [-0.05, 0) is 18.8 Å². The van der Waals surface area contributed by atoms with E-state index in [0.29, 0.717) is 24.9 Å². The molecule has 1 aromatic rings. The molecule has 1 atom stereocenters. The largest absolute Gasteiger partial charge is 0.467 e. The number of anilines is 1. The molecule has 1 unspecified atom stereocenters. The maximum absolute atomic E-state index is 10.3. The van der Waals surface area contributed by atoms with Gasteiger partial charge in [-0.25, -0.2) is 4.98 Å². The Bertz CT molecular complexity index is 345. The monoisotopic (exact) mass is 224 g/mol. The Labute approximate surface area is 94.0 Å². The third-order valence-electron chi connectivity index (χ3n) is 3.29. The molecular formula is C11H16N2O3. The van der Waals surface area contributed by atoms with Crippen LogP contribution in [0.3, 0.4) is 0 Å². The van der Waals surface area contributed by atoms with E-state index in [0.717, 1.165) is 18.5 Å². The molecule has 0 amide bonds. The van der Waals surface area contributed by atoms with Crippen molar-refractivity contribution in [3.8, 4) is 0 Å². The van der Waals surface area contributed by atoms with E-state index in [1.165, 1.54) is 19.2 Å². The maximum Gasteiger partial charge on any atom is 0.293 e. The number of oxazole rings is 1. The van der Waals surface area contributed by atoms with Gasteiger partial charge in [0.2, 0.25) is 5.88 Å². The number of hydrogen-bond donors (Lipinski definition) is 1. The fraction of sp³-hybridized carbons (Fsp3) is 0.636. The molecule has 0 aromatic carbocycles. The Morgan fingerprint density at radius 2 is 2.38 bits per heavy atom. The highest BCUT2D eigenvalue weighted by Gasteiger charge is 2.30. The van der Waals surface area contributed by atoms with Gasteiger partial charge in [0.05, 0.1) is 6.61 Å². The molecule has 0 radical (unpaired) electrons. The summed E-state index contributed by atoms with van der Waals surface area (Å²) in [5.41, 5.74) is 6.44. The van der Waals surface area contributed by atoms with Crippen LogP contribution in [-0.4, -0.2) is 18.1 Å². The fourth-order valence-electron chi connectivity index (χ4n) is 2.48. The van der Waals surface area contributed by atoms with Crippen LogP contribution < -0.4 is 5.73 Å². The smallest absolute Gasteiger partial charge is 0.293 e. The third kappa shape index (κ3) is 2.18. The second kappa shape index (κ2) is 5.01. The average molecular weight is 224 g/mol. The van der Waals surface area contributed by atoms with Crippen molar-refractivity contribution in [2.45, 2.75) is 31.6 Å². The van der Waals surface area contributed by atoms with Crippen molar-refractivity contribution in [2.24, 2.45) is 5.92 Å². The molecule has 0 saturated heterocycles. The quantitative estimate of drug-likeness (QED) is 0.770. The van der Waals surface area contributed by atoms with Crippen LogP contribution in [0.5, 0.6) is 0 Å². The third-order valence-corrected chi connectivity index (χ3v) is 3.29. The summed E-state index contributed by atoms with van der Waals surface area (Å²) in [5, 5.41) is 0. The van der Waals surface area contributed by atoms with Crippen LogP contribution in [0.25, 0.3) is 0 Å². The van der Waals surface area contributed by atoms with E-state index in [4.69, 9.17) is 14.9 Å². The Balaban J connectivity index is 2.13. The Morgan fingerprint density at radius 3 is 2.94 bits per heavy atom. The van der Waals surface area contributed by atoms with Crippen molar-refractivity contribution in [3.05, 3.63) is 12.1 Å². The van der Waals surface area contributed by atoms with E-state index in [9.17, 15) is 4.79 Å². The minimum atomic E-state index is 0.0754. The molecule has 1 heterocycles. The molecule has 1 aliphatic rings. The van der Waals surface area contributed by atoms with Gasteiger partial charge >= 0.3 is 0 Å². The van der Waals surface area contributed by atoms with Crippen molar-refractivity contribution in [3.63, 3.8) is 0 Å². The summed E-state index contributed by atoms with van der Waals surface area (Å²) < 4.78 is 9.88. The number of carbonyl (C=O) groups excluding carboxylic acids is 1. The summed E-state index contributed by atoms with van der Waals surface area (Å²) in [6.07, 6.45) is 6.06. The molecule has 2 rings (SSSR count). The number of nitrogens with two attached hydrogens (primary N) is 1. The number of rotatable bonds is 5. The highest BCUT2D eigenvalue weighted by atomic mass is 16.5. The van der Waals surface area contributed by atoms with Gasteiger partial charge in [-0.15, -0.1) is 0 Å². The van der Waals surface area contributed by atoms with Crippen LogP contribution >= 0.6 is 0 Å². The van der Waals surface area contributed by atoms with Crippen LogP contribution in [0.1, 0.15) is 37.3 Å². The highest BCUT2D eigenvalue weighted by Crippen LogP contribution is 2.38. The van der Waals surface area contributed by atoms with E-state index in [2.05, 4.69) is 4.98 Å². The van der Waals surface area contributed by atoms with Gasteiger partial charge in [0.15, 0.2) is 6.39 Å². The molecular weight excluding hydrogens is 208 g/mol. The molecule has 0 spiro atoms. The van der Waals surface area contributed by atoms with Crippen LogP contribution in [0.4, 0.5) is 5.88 Å². The zero-order chi connectivity index (χ0) is 11.4. The number of hydrogen-bond acceptors (Lipinski definition) is 5. The number of carbonyl (C=O) groups is 1. The average Bonchev–Trinajstić information content (AvgIpc) is 2.91. The van der Waals surface area contributed by atoms with Crippen molar-refractivity contribution in [2.75, 3.05) is 12.3 Å². The molecule has 0 aliphatic heterocycles. The van der Waals surface area contributed by atoms with Crippen LogP contribution in [0.15, 0.2) is 10.8 Å². The minimum Gasteiger partial charge on any atom is -0.467 e. The first-order valence-electron chi connectivity index (χ1n) is 5.57. The first-order valence-corrected chi connectivity index (χ1v) is 5.57. The summed E-state index contributed by atoms with van der Waals surface area (Å²) in [6.45, 7) is 0.809. The lowest BCUT2D eigenvalue weighted by atomic mass is 9.89. The molecule has 5 nitrogen and oxygen atoms in total. The standard InChI is InChI=1S/C11H16N2O3/c12-11-10(13-6-16-11)9(5-15-7-14)8-3-1-2-4-8/h6-9H,1-5,12H2. The molecule has 0 bridgehead atoms. The molecule has 88 valence electrons. The molecule has 5 heteroatoms. The van der Waals surface area contributed by atoms with Gasteiger partial charge in [0.1, 0.15) is 5.69 Å². The van der Waals surface area contributed by atoms with Gasteiger partial charge in [-0.3, -0.25) is 4.79 Å². The summed E-state index contributed by atoms with van der Waals surface area (Å²) in [6, 6.07) is 0. The highest BCUT2D eigenvalue weighted by molar-refractivity contribution is 5.38. The molecule has 1 aliphatic carbocycles. The maximum atomic E-state index is 10.3. The van der Waals surface area contributed by atoms with Crippen LogP contribution in [0, 0.1) is 5.92 Å². The lowest BCUT2D eigenvalue weighted by Gasteiger charge is -2.20. The van der Waals surface area contributed by atoms with Gasteiger partial charge in [-0.1, -0.05) is 12.8 Å². The Morgan fingerprint density at radius 1 is 1.62 bits per heavy atom.